The zero-order valence-electron chi connectivity index (χ0n) is 22.5. The number of anilines is 3. The fraction of sp³-hybridized carbons (Fsp3) is 0.0312. The van der Waals surface area contributed by atoms with Crippen LogP contribution < -0.4 is 20.9 Å². The van der Waals surface area contributed by atoms with Crippen molar-refractivity contribution >= 4 is 34.0 Å². The van der Waals surface area contributed by atoms with Gasteiger partial charge in [-0.25, -0.2) is 4.98 Å². The second kappa shape index (κ2) is 11.7. The maximum absolute atomic E-state index is 13.6. The van der Waals surface area contributed by atoms with Gasteiger partial charge in [0.1, 0.15) is 22.9 Å². The van der Waals surface area contributed by atoms with Gasteiger partial charge in [0.25, 0.3) is 11.5 Å². The second-order valence-electron chi connectivity index (χ2n) is 9.49. The first kappa shape index (κ1) is 27.0. The molecule has 43 heavy (non-hydrogen) atoms. The maximum Gasteiger partial charge on any atom is 0.265 e. The third-order valence-corrected chi connectivity index (χ3v) is 6.55. The van der Waals surface area contributed by atoms with Crippen LogP contribution in [0.5, 0.6) is 23.0 Å². The molecule has 0 atom stereocenters. The summed E-state index contributed by atoms with van der Waals surface area (Å²) in [6.07, 6.45) is 7.78. The predicted molar refractivity (Wildman–Crippen MR) is 161 cm³/mol. The van der Waals surface area contributed by atoms with Crippen LogP contribution in [0.4, 0.5) is 17.2 Å². The van der Waals surface area contributed by atoms with Crippen molar-refractivity contribution in [2.24, 2.45) is 0 Å². The fourth-order valence-corrected chi connectivity index (χ4v) is 4.45. The minimum Gasteiger partial charge on any atom is -0.504 e. The number of phenolic OH excluding ortho intramolecular Hbond substituents is 2. The summed E-state index contributed by atoms with van der Waals surface area (Å²) in [4.78, 5) is 39.6. The standard InChI is InChI=1S/C32H24N6O5/c39-26-16-23-25(17-27(26)40)34-14-10-28(23)43-22-6-7-29(35-18-22)37-31(41)30-24(36-21-8-12-33-13-9-21)11-15-38(32(30)42)19-20-4-2-1-3-5-20/h1-18,39-40H,19H2,(H,33,36)(H,35,37,41). The Hall–Kier alpha value is -6.23. The molecule has 0 aliphatic carbocycles. The molecule has 6 aromatic rings. The van der Waals surface area contributed by atoms with Crippen LogP contribution in [0.2, 0.25) is 0 Å². The molecule has 0 fully saturated rings. The number of carbonyl (C=O) groups excluding carboxylic acids is 1. The summed E-state index contributed by atoms with van der Waals surface area (Å²) in [5.74, 6) is -0.295. The van der Waals surface area contributed by atoms with Gasteiger partial charge in [-0.2, -0.15) is 0 Å². The first-order valence-corrected chi connectivity index (χ1v) is 13.1. The molecular formula is C32H24N6O5. The van der Waals surface area contributed by atoms with Gasteiger partial charge in [0.2, 0.25) is 0 Å². The molecule has 2 aromatic carbocycles. The number of phenols is 2. The van der Waals surface area contributed by atoms with Gasteiger partial charge in [0, 0.05) is 41.9 Å². The number of amides is 1. The molecule has 0 spiro atoms. The summed E-state index contributed by atoms with van der Waals surface area (Å²) in [5, 5.41) is 26.0. The van der Waals surface area contributed by atoms with E-state index in [0.29, 0.717) is 40.3 Å². The average molecular weight is 573 g/mol. The third kappa shape index (κ3) is 5.95. The second-order valence-corrected chi connectivity index (χ2v) is 9.49. The lowest BCUT2D eigenvalue weighted by molar-refractivity contribution is 0.102. The van der Waals surface area contributed by atoms with Crippen LogP contribution in [-0.2, 0) is 6.54 Å². The van der Waals surface area contributed by atoms with Gasteiger partial charge in [0.05, 0.1) is 23.9 Å². The van der Waals surface area contributed by atoms with Crippen LogP contribution in [0.25, 0.3) is 10.9 Å². The molecule has 11 nitrogen and oxygen atoms in total. The van der Waals surface area contributed by atoms with Crippen molar-refractivity contribution in [3.05, 3.63) is 131 Å². The van der Waals surface area contributed by atoms with Gasteiger partial charge in [0.15, 0.2) is 11.5 Å². The quantitative estimate of drug-likeness (QED) is 0.175. The number of hydrogen-bond acceptors (Lipinski definition) is 9. The monoisotopic (exact) mass is 572 g/mol. The van der Waals surface area contributed by atoms with Crippen molar-refractivity contribution in [1.29, 1.82) is 0 Å². The Kier molecular flexibility index (Phi) is 7.34. The lowest BCUT2D eigenvalue weighted by Crippen LogP contribution is -2.30. The molecule has 6 rings (SSSR count). The highest BCUT2D eigenvalue weighted by Crippen LogP contribution is 2.35. The van der Waals surface area contributed by atoms with Gasteiger partial charge < -0.3 is 30.2 Å². The number of aromatic hydroxyl groups is 2. The maximum atomic E-state index is 13.6. The summed E-state index contributed by atoms with van der Waals surface area (Å²) in [6, 6.07) is 22.1. The molecule has 212 valence electrons. The molecule has 0 saturated heterocycles. The van der Waals surface area contributed by atoms with Crippen molar-refractivity contribution in [3.63, 3.8) is 0 Å². The predicted octanol–water partition coefficient (Wildman–Crippen LogP) is 5.43. The SMILES string of the molecule is O=C(Nc1ccc(Oc2ccnc3cc(O)c(O)cc23)cn1)c1c(Nc2ccncc2)ccn(Cc2ccccc2)c1=O. The number of fused-ring (bicyclic) bond motifs is 1. The molecule has 4 N–H and O–H groups in total. The molecule has 0 saturated carbocycles. The molecule has 1 amide bonds. The van der Waals surface area contributed by atoms with E-state index in [9.17, 15) is 19.8 Å². The normalized spacial score (nSPS) is 10.8. The Bertz CT molecular complexity index is 1980. The zero-order chi connectivity index (χ0) is 29.8. The van der Waals surface area contributed by atoms with Gasteiger partial charge in [-0.1, -0.05) is 30.3 Å². The molecule has 0 unspecified atom stereocenters. The number of hydrogen-bond donors (Lipinski definition) is 4. The van der Waals surface area contributed by atoms with Crippen molar-refractivity contribution in [3.8, 4) is 23.0 Å². The number of nitrogens with one attached hydrogen (secondary N) is 2. The van der Waals surface area contributed by atoms with E-state index < -0.39 is 11.5 Å². The summed E-state index contributed by atoms with van der Waals surface area (Å²) in [6.45, 7) is 0.293. The Morgan fingerprint density at radius 1 is 0.884 bits per heavy atom. The highest BCUT2D eigenvalue weighted by molar-refractivity contribution is 6.07. The van der Waals surface area contributed by atoms with Crippen molar-refractivity contribution in [2.45, 2.75) is 6.54 Å². The summed E-state index contributed by atoms with van der Waals surface area (Å²) < 4.78 is 7.41. The van der Waals surface area contributed by atoms with Crippen LogP contribution in [0.1, 0.15) is 15.9 Å². The first-order valence-electron chi connectivity index (χ1n) is 13.1. The third-order valence-electron chi connectivity index (χ3n) is 6.55. The minimum atomic E-state index is -0.638. The van der Waals surface area contributed by atoms with Crippen molar-refractivity contribution < 1.29 is 19.7 Å². The van der Waals surface area contributed by atoms with Gasteiger partial charge >= 0.3 is 0 Å². The topological polar surface area (TPSA) is 151 Å². The van der Waals surface area contributed by atoms with E-state index in [4.69, 9.17) is 4.74 Å². The van der Waals surface area contributed by atoms with Crippen LogP contribution >= 0.6 is 0 Å². The largest absolute Gasteiger partial charge is 0.504 e. The molecule has 0 bridgehead atoms. The average Bonchev–Trinajstić information content (AvgIpc) is 3.01. The molecule has 11 heteroatoms. The molecule has 0 radical (unpaired) electrons. The number of aromatic nitrogens is 4. The summed E-state index contributed by atoms with van der Waals surface area (Å²) >= 11 is 0. The Morgan fingerprint density at radius 3 is 2.44 bits per heavy atom. The van der Waals surface area contributed by atoms with Crippen molar-refractivity contribution in [2.75, 3.05) is 10.6 Å². The lowest BCUT2D eigenvalue weighted by Gasteiger charge is -2.15. The van der Waals surface area contributed by atoms with Crippen LogP contribution in [0.15, 0.2) is 115 Å². The summed E-state index contributed by atoms with van der Waals surface area (Å²) in [5.41, 5.74) is 1.79. The highest BCUT2D eigenvalue weighted by Gasteiger charge is 2.20. The van der Waals surface area contributed by atoms with Gasteiger partial charge in [-0.15, -0.1) is 0 Å². The van der Waals surface area contributed by atoms with Gasteiger partial charge in [-0.3, -0.25) is 19.6 Å². The number of nitrogens with zero attached hydrogens (tertiary/aromatic N) is 4. The number of benzene rings is 2. The van der Waals surface area contributed by atoms with E-state index in [2.05, 4.69) is 25.6 Å². The molecule has 4 aromatic heterocycles. The Morgan fingerprint density at radius 2 is 1.67 bits per heavy atom. The highest BCUT2D eigenvalue weighted by atomic mass is 16.5. The number of rotatable bonds is 8. The number of ether oxygens (including phenoxy) is 1. The molecule has 0 aliphatic heterocycles. The van der Waals surface area contributed by atoms with E-state index in [1.165, 1.54) is 29.1 Å². The van der Waals surface area contributed by atoms with E-state index in [0.717, 1.165) is 5.56 Å². The smallest absolute Gasteiger partial charge is 0.265 e. The van der Waals surface area contributed by atoms with E-state index in [-0.39, 0.29) is 22.9 Å². The number of pyridine rings is 4. The Labute approximate surface area is 244 Å². The van der Waals surface area contributed by atoms with Crippen molar-refractivity contribution in [1.82, 2.24) is 19.5 Å². The van der Waals surface area contributed by atoms with Crippen LogP contribution in [0.3, 0.4) is 0 Å². The summed E-state index contributed by atoms with van der Waals surface area (Å²) in [7, 11) is 0. The Balaban J connectivity index is 1.26. The molecule has 4 heterocycles. The lowest BCUT2D eigenvalue weighted by atomic mass is 10.1. The first-order chi connectivity index (χ1) is 20.9. The van der Waals surface area contributed by atoms with E-state index in [1.54, 1.807) is 55.0 Å². The molecule has 0 aliphatic rings. The number of carbonyl (C=O) groups is 1. The van der Waals surface area contributed by atoms with E-state index >= 15 is 0 Å². The fourth-order valence-electron chi connectivity index (χ4n) is 4.45. The van der Waals surface area contributed by atoms with Crippen LogP contribution in [-0.4, -0.2) is 35.6 Å². The van der Waals surface area contributed by atoms with Crippen LogP contribution in [0, 0.1) is 0 Å². The molecular weight excluding hydrogens is 548 g/mol. The van der Waals surface area contributed by atoms with Gasteiger partial charge in [-0.05, 0) is 48.0 Å². The van der Waals surface area contributed by atoms with E-state index in [1.807, 2.05) is 30.3 Å². The minimum absolute atomic E-state index is 0.0799. The zero-order valence-corrected chi connectivity index (χ0v) is 22.5.